The van der Waals surface area contributed by atoms with Gasteiger partial charge in [-0.1, -0.05) is 34.1 Å². The van der Waals surface area contributed by atoms with E-state index in [1.807, 2.05) is 42.5 Å². The second kappa shape index (κ2) is 6.00. The van der Waals surface area contributed by atoms with Crippen molar-refractivity contribution in [1.82, 2.24) is 0 Å². The minimum atomic E-state index is -0.233. The molecule has 0 N–H and O–H groups in total. The fourth-order valence-corrected chi connectivity index (χ4v) is 2.89. The SMILES string of the molecule is COCc1cccc(C2CC(=O)c3cc(Br)ccc3O2)c1. The molecule has 0 aliphatic carbocycles. The lowest BCUT2D eigenvalue weighted by atomic mass is 9.95. The summed E-state index contributed by atoms with van der Waals surface area (Å²) in [6.45, 7) is 0.554. The first-order chi connectivity index (χ1) is 10.2. The third-order valence-corrected chi connectivity index (χ3v) is 4.01. The van der Waals surface area contributed by atoms with Crippen LogP contribution in [0.3, 0.4) is 0 Å². The number of fused-ring (bicyclic) bond motifs is 1. The highest BCUT2D eigenvalue weighted by Gasteiger charge is 2.27. The van der Waals surface area contributed by atoms with E-state index in [1.54, 1.807) is 7.11 Å². The molecule has 2 aromatic carbocycles. The molecule has 0 saturated carbocycles. The summed E-state index contributed by atoms with van der Waals surface area (Å²) < 4.78 is 12.0. The fraction of sp³-hybridized carbons (Fsp3) is 0.235. The van der Waals surface area contributed by atoms with E-state index in [9.17, 15) is 4.79 Å². The molecule has 0 bridgehead atoms. The van der Waals surface area contributed by atoms with Gasteiger partial charge in [0.25, 0.3) is 0 Å². The van der Waals surface area contributed by atoms with Gasteiger partial charge in [-0.05, 0) is 35.4 Å². The Kier molecular flexibility index (Phi) is 4.08. The molecule has 4 heteroatoms. The molecule has 1 heterocycles. The van der Waals surface area contributed by atoms with Crippen LogP contribution in [-0.2, 0) is 11.3 Å². The van der Waals surface area contributed by atoms with Gasteiger partial charge in [0, 0.05) is 11.6 Å². The van der Waals surface area contributed by atoms with Crippen LogP contribution in [-0.4, -0.2) is 12.9 Å². The Morgan fingerprint density at radius 2 is 2.14 bits per heavy atom. The summed E-state index contributed by atoms with van der Waals surface area (Å²) in [4.78, 5) is 12.3. The van der Waals surface area contributed by atoms with Crippen LogP contribution < -0.4 is 4.74 Å². The summed E-state index contributed by atoms with van der Waals surface area (Å²) in [5.74, 6) is 0.760. The molecule has 2 aromatic rings. The summed E-state index contributed by atoms with van der Waals surface area (Å²) in [5.41, 5.74) is 2.73. The van der Waals surface area contributed by atoms with E-state index in [0.29, 0.717) is 24.3 Å². The molecule has 108 valence electrons. The quantitative estimate of drug-likeness (QED) is 0.830. The largest absolute Gasteiger partial charge is 0.484 e. The van der Waals surface area contributed by atoms with Crippen molar-refractivity contribution in [1.29, 1.82) is 0 Å². The number of ether oxygens (including phenoxy) is 2. The van der Waals surface area contributed by atoms with Crippen LogP contribution in [0.4, 0.5) is 0 Å². The van der Waals surface area contributed by atoms with Gasteiger partial charge in [-0.15, -0.1) is 0 Å². The summed E-state index contributed by atoms with van der Waals surface area (Å²) in [6, 6.07) is 13.5. The maximum Gasteiger partial charge on any atom is 0.170 e. The number of carbonyl (C=O) groups is 1. The lowest BCUT2D eigenvalue weighted by Crippen LogP contribution is -2.20. The first-order valence-corrected chi connectivity index (χ1v) is 7.54. The van der Waals surface area contributed by atoms with Crippen LogP contribution in [0, 0.1) is 0 Å². The Labute approximate surface area is 132 Å². The molecule has 3 rings (SSSR count). The standard InChI is InChI=1S/C17H15BrO3/c1-20-10-11-3-2-4-12(7-11)17-9-15(19)14-8-13(18)5-6-16(14)21-17/h2-8,17H,9-10H2,1H3. The van der Waals surface area contributed by atoms with Crippen molar-refractivity contribution in [3.05, 3.63) is 63.6 Å². The molecule has 1 aliphatic heterocycles. The van der Waals surface area contributed by atoms with Gasteiger partial charge >= 0.3 is 0 Å². The van der Waals surface area contributed by atoms with Gasteiger partial charge in [0.15, 0.2) is 5.78 Å². The highest BCUT2D eigenvalue weighted by molar-refractivity contribution is 9.10. The molecular formula is C17H15BrO3. The molecule has 21 heavy (non-hydrogen) atoms. The Balaban J connectivity index is 1.90. The zero-order chi connectivity index (χ0) is 14.8. The molecule has 1 aliphatic rings. The van der Waals surface area contributed by atoms with E-state index in [-0.39, 0.29) is 11.9 Å². The predicted octanol–water partition coefficient (Wildman–Crippen LogP) is 4.30. The summed E-state index contributed by atoms with van der Waals surface area (Å²) in [5, 5.41) is 0. The van der Waals surface area contributed by atoms with Crippen molar-refractivity contribution in [3.8, 4) is 5.75 Å². The predicted molar refractivity (Wildman–Crippen MR) is 83.6 cm³/mol. The van der Waals surface area contributed by atoms with Crippen LogP contribution >= 0.6 is 15.9 Å². The molecule has 0 saturated heterocycles. The number of halogens is 1. The van der Waals surface area contributed by atoms with Crippen LogP contribution in [0.5, 0.6) is 5.75 Å². The summed E-state index contributed by atoms with van der Waals surface area (Å²) in [6.07, 6.45) is 0.128. The van der Waals surface area contributed by atoms with Gasteiger partial charge in [0.1, 0.15) is 11.9 Å². The monoisotopic (exact) mass is 346 g/mol. The average Bonchev–Trinajstić information content (AvgIpc) is 2.48. The maximum absolute atomic E-state index is 12.3. The number of rotatable bonds is 3. The van der Waals surface area contributed by atoms with Crippen molar-refractivity contribution < 1.29 is 14.3 Å². The molecule has 0 fully saturated rings. The van der Waals surface area contributed by atoms with Gasteiger partial charge in [-0.2, -0.15) is 0 Å². The number of Topliss-reactive ketones (excluding diaryl/α,β-unsaturated/α-hetero) is 1. The van der Waals surface area contributed by atoms with Crippen LogP contribution in [0.25, 0.3) is 0 Å². The second-order valence-electron chi connectivity index (χ2n) is 5.05. The van der Waals surface area contributed by atoms with Crippen LogP contribution in [0.2, 0.25) is 0 Å². The first-order valence-electron chi connectivity index (χ1n) is 6.74. The summed E-state index contributed by atoms with van der Waals surface area (Å²) in [7, 11) is 1.67. The number of methoxy groups -OCH3 is 1. The molecular weight excluding hydrogens is 332 g/mol. The molecule has 1 unspecified atom stereocenters. The lowest BCUT2D eigenvalue weighted by molar-refractivity contribution is 0.0849. The van der Waals surface area contributed by atoms with Crippen LogP contribution in [0.1, 0.15) is 34.0 Å². The van der Waals surface area contributed by atoms with Crippen molar-refractivity contribution in [3.63, 3.8) is 0 Å². The Morgan fingerprint density at radius 1 is 1.29 bits per heavy atom. The highest BCUT2D eigenvalue weighted by Crippen LogP contribution is 2.36. The van der Waals surface area contributed by atoms with E-state index >= 15 is 0 Å². The second-order valence-corrected chi connectivity index (χ2v) is 5.97. The minimum absolute atomic E-state index is 0.111. The maximum atomic E-state index is 12.3. The van der Waals surface area contributed by atoms with Crippen molar-refractivity contribution in [2.45, 2.75) is 19.1 Å². The van der Waals surface area contributed by atoms with Crippen molar-refractivity contribution in [2.75, 3.05) is 7.11 Å². The van der Waals surface area contributed by atoms with Gasteiger partial charge in [0.2, 0.25) is 0 Å². The Hall–Kier alpha value is -1.65. The van der Waals surface area contributed by atoms with E-state index in [1.165, 1.54) is 0 Å². The molecule has 0 aromatic heterocycles. The normalized spacial score (nSPS) is 17.2. The zero-order valence-corrected chi connectivity index (χ0v) is 13.2. The highest BCUT2D eigenvalue weighted by atomic mass is 79.9. The third-order valence-electron chi connectivity index (χ3n) is 3.52. The Bertz CT molecular complexity index is 681. The third kappa shape index (κ3) is 3.01. The van der Waals surface area contributed by atoms with E-state index in [4.69, 9.17) is 9.47 Å². The number of hydrogen-bond donors (Lipinski definition) is 0. The minimum Gasteiger partial charge on any atom is -0.484 e. The molecule has 1 atom stereocenters. The molecule has 0 radical (unpaired) electrons. The van der Waals surface area contributed by atoms with Crippen molar-refractivity contribution in [2.24, 2.45) is 0 Å². The molecule has 3 nitrogen and oxygen atoms in total. The van der Waals surface area contributed by atoms with Gasteiger partial charge in [0.05, 0.1) is 18.6 Å². The van der Waals surface area contributed by atoms with Gasteiger partial charge < -0.3 is 9.47 Å². The molecule has 0 spiro atoms. The topological polar surface area (TPSA) is 35.5 Å². The lowest BCUT2D eigenvalue weighted by Gasteiger charge is -2.26. The number of benzene rings is 2. The van der Waals surface area contributed by atoms with Gasteiger partial charge in [-0.3, -0.25) is 4.79 Å². The number of ketones is 1. The van der Waals surface area contributed by atoms with E-state index in [0.717, 1.165) is 15.6 Å². The first kappa shape index (κ1) is 14.3. The fourth-order valence-electron chi connectivity index (χ4n) is 2.53. The van der Waals surface area contributed by atoms with Crippen LogP contribution in [0.15, 0.2) is 46.9 Å². The van der Waals surface area contributed by atoms with Crippen molar-refractivity contribution >= 4 is 21.7 Å². The number of carbonyl (C=O) groups excluding carboxylic acids is 1. The summed E-state index contributed by atoms with van der Waals surface area (Å²) >= 11 is 3.38. The van der Waals surface area contributed by atoms with E-state index < -0.39 is 0 Å². The van der Waals surface area contributed by atoms with Gasteiger partial charge in [-0.25, -0.2) is 0 Å². The molecule has 0 amide bonds. The average molecular weight is 347 g/mol. The zero-order valence-electron chi connectivity index (χ0n) is 11.6. The number of hydrogen-bond acceptors (Lipinski definition) is 3. The Morgan fingerprint density at radius 3 is 2.95 bits per heavy atom. The smallest absolute Gasteiger partial charge is 0.170 e. The van der Waals surface area contributed by atoms with E-state index in [2.05, 4.69) is 15.9 Å².